The molecule has 1 N–H and O–H groups in total. The minimum Gasteiger partial charge on any atom is -0.481 e. The molecule has 0 amide bonds. The zero-order chi connectivity index (χ0) is 14.0. The zero-order valence-electron chi connectivity index (χ0n) is 12.7. The molecule has 1 heterocycles. The average molecular weight is 267 g/mol. The van der Waals surface area contributed by atoms with Gasteiger partial charge in [-0.2, -0.15) is 0 Å². The van der Waals surface area contributed by atoms with Gasteiger partial charge in [0, 0.05) is 13.1 Å². The number of hydrogen-bond acceptors (Lipinski definition) is 2. The molecule has 0 spiro atoms. The predicted octanol–water partition coefficient (Wildman–Crippen LogP) is 3.25. The summed E-state index contributed by atoms with van der Waals surface area (Å²) in [6.45, 7) is 9.39. The second kappa shape index (κ2) is 5.82. The van der Waals surface area contributed by atoms with Crippen LogP contribution in [-0.2, 0) is 4.79 Å². The van der Waals surface area contributed by atoms with E-state index in [9.17, 15) is 9.90 Å². The Kier molecular flexibility index (Phi) is 4.54. The molecule has 1 saturated carbocycles. The molecule has 3 heteroatoms. The van der Waals surface area contributed by atoms with Crippen molar-refractivity contribution < 1.29 is 9.90 Å². The van der Waals surface area contributed by atoms with Crippen molar-refractivity contribution in [3.05, 3.63) is 0 Å². The van der Waals surface area contributed by atoms with E-state index in [-0.39, 0.29) is 0 Å². The Morgan fingerprint density at radius 1 is 1.32 bits per heavy atom. The first-order valence-electron chi connectivity index (χ1n) is 7.86. The molecule has 1 unspecified atom stereocenters. The molecule has 0 radical (unpaired) electrons. The van der Waals surface area contributed by atoms with Crippen LogP contribution < -0.4 is 0 Å². The Morgan fingerprint density at radius 2 is 1.95 bits per heavy atom. The lowest BCUT2D eigenvalue weighted by Gasteiger charge is -2.33. The molecule has 0 aromatic heterocycles. The van der Waals surface area contributed by atoms with E-state index in [1.807, 2.05) is 6.92 Å². The van der Waals surface area contributed by atoms with Crippen molar-refractivity contribution in [1.29, 1.82) is 0 Å². The summed E-state index contributed by atoms with van der Waals surface area (Å²) in [5.74, 6) is 1.91. The van der Waals surface area contributed by atoms with Gasteiger partial charge in [-0.3, -0.25) is 4.79 Å². The summed E-state index contributed by atoms with van der Waals surface area (Å²) in [6.07, 6.45) is 6.22. The molecule has 1 atom stereocenters. The number of carbonyl (C=O) groups is 1. The quantitative estimate of drug-likeness (QED) is 0.850. The highest BCUT2D eigenvalue weighted by Crippen LogP contribution is 2.36. The van der Waals surface area contributed by atoms with Crippen LogP contribution >= 0.6 is 0 Å². The Bertz CT molecular complexity index is 321. The summed E-state index contributed by atoms with van der Waals surface area (Å²) in [7, 11) is 0. The lowest BCUT2D eigenvalue weighted by atomic mass is 9.77. The first kappa shape index (κ1) is 14.8. The highest BCUT2D eigenvalue weighted by molar-refractivity contribution is 5.74. The van der Waals surface area contributed by atoms with Crippen LogP contribution in [0, 0.1) is 23.2 Å². The maximum Gasteiger partial charge on any atom is 0.310 e. The third kappa shape index (κ3) is 3.50. The van der Waals surface area contributed by atoms with Gasteiger partial charge in [-0.15, -0.1) is 0 Å². The number of carboxylic acid groups (broad SMARTS) is 1. The van der Waals surface area contributed by atoms with Crippen molar-refractivity contribution in [3.63, 3.8) is 0 Å². The molecule has 19 heavy (non-hydrogen) atoms. The van der Waals surface area contributed by atoms with Gasteiger partial charge in [0.1, 0.15) is 0 Å². The fraction of sp³-hybridized carbons (Fsp3) is 0.938. The van der Waals surface area contributed by atoms with Crippen LogP contribution in [0.3, 0.4) is 0 Å². The van der Waals surface area contributed by atoms with Crippen LogP contribution in [0.2, 0.25) is 0 Å². The van der Waals surface area contributed by atoms with Gasteiger partial charge in [0.05, 0.1) is 5.41 Å². The van der Waals surface area contributed by atoms with E-state index in [1.165, 1.54) is 25.7 Å². The summed E-state index contributed by atoms with van der Waals surface area (Å²) in [5, 5.41) is 9.27. The van der Waals surface area contributed by atoms with Crippen molar-refractivity contribution in [2.75, 3.05) is 19.6 Å². The molecule has 0 aromatic carbocycles. The van der Waals surface area contributed by atoms with E-state index in [1.54, 1.807) is 0 Å². The van der Waals surface area contributed by atoms with E-state index >= 15 is 0 Å². The van der Waals surface area contributed by atoms with Gasteiger partial charge < -0.3 is 10.0 Å². The second-order valence-electron chi connectivity index (χ2n) is 7.38. The molecular weight excluding hydrogens is 238 g/mol. The predicted molar refractivity (Wildman–Crippen MR) is 77.1 cm³/mol. The standard InChI is InChI=1S/C16H29NO2/c1-12(2)14-6-4-13(5-7-14)10-17-9-8-16(3,11-17)15(18)19/h12-14H,4-11H2,1-3H3,(H,18,19). The Hall–Kier alpha value is -0.570. The summed E-state index contributed by atoms with van der Waals surface area (Å²) in [6, 6.07) is 0. The van der Waals surface area contributed by atoms with Crippen LogP contribution in [-0.4, -0.2) is 35.6 Å². The highest BCUT2D eigenvalue weighted by Gasteiger charge is 2.40. The molecule has 1 aliphatic carbocycles. The number of hydrogen-bond donors (Lipinski definition) is 1. The van der Waals surface area contributed by atoms with E-state index < -0.39 is 11.4 Å². The Labute approximate surface area is 117 Å². The summed E-state index contributed by atoms with van der Waals surface area (Å²) >= 11 is 0. The van der Waals surface area contributed by atoms with Crippen molar-refractivity contribution in [2.45, 2.75) is 52.9 Å². The molecule has 2 fully saturated rings. The van der Waals surface area contributed by atoms with E-state index in [0.717, 1.165) is 43.8 Å². The molecular formula is C16H29NO2. The number of aliphatic carboxylic acids is 1. The number of carboxylic acids is 1. The third-order valence-electron chi connectivity index (χ3n) is 5.42. The molecule has 2 rings (SSSR count). The molecule has 110 valence electrons. The van der Waals surface area contributed by atoms with Crippen molar-refractivity contribution >= 4 is 5.97 Å². The van der Waals surface area contributed by atoms with Gasteiger partial charge >= 0.3 is 5.97 Å². The highest BCUT2D eigenvalue weighted by atomic mass is 16.4. The number of nitrogens with zero attached hydrogens (tertiary/aromatic N) is 1. The van der Waals surface area contributed by atoms with Crippen LogP contribution in [0.4, 0.5) is 0 Å². The SMILES string of the molecule is CC(C)C1CCC(CN2CCC(C)(C(=O)O)C2)CC1. The van der Waals surface area contributed by atoms with E-state index in [0.29, 0.717) is 0 Å². The van der Waals surface area contributed by atoms with Crippen molar-refractivity contribution in [1.82, 2.24) is 4.90 Å². The molecule has 0 aromatic rings. The van der Waals surface area contributed by atoms with Crippen molar-refractivity contribution in [2.24, 2.45) is 23.2 Å². The minimum absolute atomic E-state index is 0.505. The smallest absolute Gasteiger partial charge is 0.310 e. The maximum atomic E-state index is 11.3. The number of rotatable bonds is 4. The van der Waals surface area contributed by atoms with Gasteiger partial charge in [0.25, 0.3) is 0 Å². The lowest BCUT2D eigenvalue weighted by molar-refractivity contribution is -0.147. The second-order valence-corrected chi connectivity index (χ2v) is 7.38. The van der Waals surface area contributed by atoms with Gasteiger partial charge in [-0.1, -0.05) is 13.8 Å². The van der Waals surface area contributed by atoms with Crippen LogP contribution in [0.25, 0.3) is 0 Å². The lowest BCUT2D eigenvalue weighted by Crippen LogP contribution is -2.35. The van der Waals surface area contributed by atoms with E-state index in [4.69, 9.17) is 0 Å². The molecule has 0 bridgehead atoms. The molecule has 1 aliphatic heterocycles. The van der Waals surface area contributed by atoms with Gasteiger partial charge in [0.15, 0.2) is 0 Å². The summed E-state index contributed by atoms with van der Waals surface area (Å²) in [5.41, 5.74) is -0.505. The van der Waals surface area contributed by atoms with Gasteiger partial charge in [0.2, 0.25) is 0 Å². The third-order valence-corrected chi connectivity index (χ3v) is 5.42. The van der Waals surface area contributed by atoms with Crippen LogP contribution in [0.5, 0.6) is 0 Å². The van der Waals surface area contributed by atoms with E-state index in [2.05, 4.69) is 18.7 Å². The normalized spacial score (nSPS) is 36.8. The average Bonchev–Trinajstić information content (AvgIpc) is 2.73. The van der Waals surface area contributed by atoms with Gasteiger partial charge in [-0.25, -0.2) is 0 Å². The largest absolute Gasteiger partial charge is 0.481 e. The zero-order valence-corrected chi connectivity index (χ0v) is 12.7. The van der Waals surface area contributed by atoms with Gasteiger partial charge in [-0.05, 0) is 63.3 Å². The minimum atomic E-state index is -0.626. The molecule has 1 saturated heterocycles. The molecule has 2 aliphatic rings. The fourth-order valence-corrected chi connectivity index (χ4v) is 3.79. The number of likely N-dealkylation sites (tertiary alicyclic amines) is 1. The Morgan fingerprint density at radius 3 is 2.42 bits per heavy atom. The fourth-order valence-electron chi connectivity index (χ4n) is 3.79. The summed E-state index contributed by atoms with van der Waals surface area (Å²) in [4.78, 5) is 13.6. The monoisotopic (exact) mass is 267 g/mol. The first-order valence-corrected chi connectivity index (χ1v) is 7.86. The van der Waals surface area contributed by atoms with Crippen LogP contribution in [0.1, 0.15) is 52.9 Å². The topological polar surface area (TPSA) is 40.5 Å². The Balaban J connectivity index is 1.77. The molecule has 3 nitrogen and oxygen atoms in total. The maximum absolute atomic E-state index is 11.3. The first-order chi connectivity index (χ1) is 8.90. The summed E-state index contributed by atoms with van der Waals surface area (Å²) < 4.78 is 0. The van der Waals surface area contributed by atoms with Crippen molar-refractivity contribution in [3.8, 4) is 0 Å². The van der Waals surface area contributed by atoms with Crippen LogP contribution in [0.15, 0.2) is 0 Å².